The molecular weight excluding hydrogens is 396 g/mol. The molecule has 0 saturated heterocycles. The monoisotopic (exact) mass is 418 g/mol. The van der Waals surface area contributed by atoms with Crippen molar-refractivity contribution in [3.8, 4) is 0 Å². The average molecular weight is 419 g/mol. The maximum atomic E-state index is 13.0. The van der Waals surface area contributed by atoms with Crippen LogP contribution in [0.2, 0.25) is 5.02 Å². The first-order valence-electron chi connectivity index (χ1n) is 10.1. The second kappa shape index (κ2) is 8.72. The van der Waals surface area contributed by atoms with Gasteiger partial charge >= 0.3 is 0 Å². The molecule has 1 aliphatic rings. The fourth-order valence-electron chi connectivity index (χ4n) is 3.83. The second-order valence-corrected chi connectivity index (χ2v) is 7.96. The minimum Gasteiger partial charge on any atom is -0.346 e. The van der Waals surface area contributed by atoms with Gasteiger partial charge in [-0.3, -0.25) is 9.59 Å². The molecule has 1 heterocycles. The quantitative estimate of drug-likeness (QED) is 0.614. The van der Waals surface area contributed by atoms with E-state index in [4.69, 9.17) is 11.6 Å². The van der Waals surface area contributed by atoms with Crippen molar-refractivity contribution >= 4 is 29.1 Å². The van der Waals surface area contributed by atoms with Crippen LogP contribution in [0.5, 0.6) is 0 Å². The number of nitrogens with zero attached hydrogens (tertiary/aromatic N) is 1. The first-order valence-corrected chi connectivity index (χ1v) is 10.5. The van der Waals surface area contributed by atoms with E-state index in [0.717, 1.165) is 29.7 Å². The molecule has 1 atom stereocenters. The number of nitrogens with one attached hydrogen (secondary N) is 1. The van der Waals surface area contributed by atoms with E-state index in [1.807, 2.05) is 49.4 Å². The van der Waals surface area contributed by atoms with Crippen molar-refractivity contribution in [3.05, 3.63) is 100 Å². The number of fused-ring (bicyclic) bond motifs is 1. The molecule has 3 aromatic carbocycles. The van der Waals surface area contributed by atoms with Crippen LogP contribution in [0.3, 0.4) is 0 Å². The van der Waals surface area contributed by atoms with Gasteiger partial charge in [-0.2, -0.15) is 0 Å². The highest BCUT2D eigenvalue weighted by Gasteiger charge is 2.25. The Kier molecular flexibility index (Phi) is 5.86. The minimum atomic E-state index is -0.118. The molecule has 0 aromatic heterocycles. The number of rotatable bonds is 4. The van der Waals surface area contributed by atoms with Gasteiger partial charge in [-0.25, -0.2) is 0 Å². The summed E-state index contributed by atoms with van der Waals surface area (Å²) in [6.07, 6.45) is 1.69. The molecule has 30 heavy (non-hydrogen) atoms. The van der Waals surface area contributed by atoms with Gasteiger partial charge in [-0.05, 0) is 67.3 Å². The SMILES string of the molecule is C[C@H](NC(=O)c1ccc2c(c1)CCCN2C(=O)c1cccc(Cl)c1)c1ccccc1. The van der Waals surface area contributed by atoms with Gasteiger partial charge in [0.25, 0.3) is 11.8 Å². The van der Waals surface area contributed by atoms with Gasteiger partial charge in [0, 0.05) is 28.4 Å². The first-order chi connectivity index (χ1) is 14.5. The van der Waals surface area contributed by atoms with Crippen LogP contribution in [0.15, 0.2) is 72.8 Å². The third-order valence-corrected chi connectivity index (χ3v) is 5.66. The lowest BCUT2D eigenvalue weighted by atomic mass is 9.98. The molecule has 0 aliphatic carbocycles. The van der Waals surface area contributed by atoms with Crippen LogP contribution in [-0.4, -0.2) is 18.4 Å². The normalized spacial score (nSPS) is 14.0. The predicted octanol–water partition coefficient (Wildman–Crippen LogP) is 5.42. The van der Waals surface area contributed by atoms with E-state index >= 15 is 0 Å². The van der Waals surface area contributed by atoms with Gasteiger partial charge in [-0.1, -0.05) is 48.0 Å². The molecule has 0 radical (unpaired) electrons. The van der Waals surface area contributed by atoms with Crippen LogP contribution in [0.4, 0.5) is 5.69 Å². The van der Waals surface area contributed by atoms with Crippen molar-refractivity contribution in [2.75, 3.05) is 11.4 Å². The Labute approximate surface area is 181 Å². The van der Waals surface area contributed by atoms with Crippen LogP contribution in [-0.2, 0) is 6.42 Å². The molecule has 152 valence electrons. The number of aryl methyl sites for hydroxylation is 1. The van der Waals surface area contributed by atoms with Crippen molar-refractivity contribution < 1.29 is 9.59 Å². The van der Waals surface area contributed by atoms with E-state index in [-0.39, 0.29) is 17.9 Å². The predicted molar refractivity (Wildman–Crippen MR) is 120 cm³/mol. The number of carbonyl (C=O) groups is 2. The molecule has 5 heteroatoms. The number of hydrogen-bond donors (Lipinski definition) is 1. The summed E-state index contributed by atoms with van der Waals surface area (Å²) < 4.78 is 0. The molecule has 0 saturated carbocycles. The molecule has 3 aromatic rings. The van der Waals surface area contributed by atoms with E-state index in [2.05, 4.69) is 5.32 Å². The summed E-state index contributed by atoms with van der Waals surface area (Å²) in [5.74, 6) is -0.194. The summed E-state index contributed by atoms with van der Waals surface area (Å²) in [4.78, 5) is 27.6. The van der Waals surface area contributed by atoms with Crippen LogP contribution < -0.4 is 10.2 Å². The fourth-order valence-corrected chi connectivity index (χ4v) is 4.02. The number of amides is 2. The Morgan fingerprint density at radius 1 is 0.967 bits per heavy atom. The molecule has 2 amide bonds. The van der Waals surface area contributed by atoms with Crippen molar-refractivity contribution in [2.24, 2.45) is 0 Å². The van der Waals surface area contributed by atoms with E-state index < -0.39 is 0 Å². The number of hydrogen-bond acceptors (Lipinski definition) is 2. The van der Waals surface area contributed by atoms with Crippen molar-refractivity contribution in [1.29, 1.82) is 0 Å². The summed E-state index contributed by atoms with van der Waals surface area (Å²) in [6, 6.07) is 22.3. The summed E-state index contributed by atoms with van der Waals surface area (Å²) in [5, 5.41) is 3.59. The molecule has 0 fully saturated rings. The Bertz CT molecular complexity index is 1080. The molecule has 0 spiro atoms. The highest BCUT2D eigenvalue weighted by Crippen LogP contribution is 2.30. The van der Waals surface area contributed by atoms with Crippen LogP contribution in [0, 0.1) is 0 Å². The van der Waals surface area contributed by atoms with Gasteiger partial charge < -0.3 is 10.2 Å². The van der Waals surface area contributed by atoms with Crippen LogP contribution in [0.25, 0.3) is 0 Å². The van der Waals surface area contributed by atoms with E-state index in [9.17, 15) is 9.59 Å². The first kappa shape index (κ1) is 20.2. The Hall–Kier alpha value is -3.11. The number of halogens is 1. The molecular formula is C25H23ClN2O2. The molecule has 1 N–H and O–H groups in total. The zero-order valence-electron chi connectivity index (χ0n) is 16.8. The van der Waals surface area contributed by atoms with E-state index in [0.29, 0.717) is 22.7 Å². The van der Waals surface area contributed by atoms with Crippen LogP contribution >= 0.6 is 11.6 Å². The standard InChI is InChI=1S/C25H23ClN2O2/c1-17(18-7-3-2-4-8-18)27-24(29)20-12-13-23-19(15-20)10-6-14-28(23)25(30)21-9-5-11-22(26)16-21/h2-5,7-9,11-13,15-17H,6,10,14H2,1H3,(H,27,29)/t17-/m0/s1. The van der Waals surface area contributed by atoms with Gasteiger partial charge in [-0.15, -0.1) is 0 Å². The Balaban J connectivity index is 1.54. The van der Waals surface area contributed by atoms with Gasteiger partial charge in [0.05, 0.1) is 6.04 Å². The molecule has 1 aliphatic heterocycles. The summed E-state index contributed by atoms with van der Waals surface area (Å²) in [7, 11) is 0. The third-order valence-electron chi connectivity index (χ3n) is 5.42. The van der Waals surface area contributed by atoms with Crippen molar-refractivity contribution in [3.63, 3.8) is 0 Å². The zero-order chi connectivity index (χ0) is 21.1. The van der Waals surface area contributed by atoms with Crippen molar-refractivity contribution in [2.45, 2.75) is 25.8 Å². The highest BCUT2D eigenvalue weighted by atomic mass is 35.5. The molecule has 4 rings (SSSR count). The maximum absolute atomic E-state index is 13.0. The largest absolute Gasteiger partial charge is 0.346 e. The fraction of sp³-hybridized carbons (Fsp3) is 0.200. The van der Waals surface area contributed by atoms with Gasteiger partial charge in [0.1, 0.15) is 0 Å². The number of carbonyl (C=O) groups excluding carboxylic acids is 2. The minimum absolute atomic E-state index is 0.0756. The number of anilines is 1. The smallest absolute Gasteiger partial charge is 0.258 e. The average Bonchev–Trinajstić information content (AvgIpc) is 2.78. The topological polar surface area (TPSA) is 49.4 Å². The molecule has 0 unspecified atom stereocenters. The Morgan fingerprint density at radius 2 is 1.77 bits per heavy atom. The highest BCUT2D eigenvalue weighted by molar-refractivity contribution is 6.31. The lowest BCUT2D eigenvalue weighted by molar-refractivity contribution is 0.0939. The maximum Gasteiger partial charge on any atom is 0.258 e. The van der Waals surface area contributed by atoms with Crippen LogP contribution in [0.1, 0.15) is 51.2 Å². The summed E-state index contributed by atoms with van der Waals surface area (Å²) in [6.45, 7) is 2.62. The molecule has 4 nitrogen and oxygen atoms in total. The lowest BCUT2D eigenvalue weighted by Crippen LogP contribution is -2.35. The van der Waals surface area contributed by atoms with Crippen molar-refractivity contribution in [1.82, 2.24) is 5.32 Å². The van der Waals surface area contributed by atoms with Gasteiger partial charge in [0.15, 0.2) is 0 Å². The van der Waals surface area contributed by atoms with Gasteiger partial charge in [0.2, 0.25) is 0 Å². The third kappa shape index (κ3) is 4.24. The van der Waals surface area contributed by atoms with E-state index in [1.54, 1.807) is 35.2 Å². The molecule has 0 bridgehead atoms. The summed E-state index contributed by atoms with van der Waals surface area (Å²) in [5.41, 5.74) is 4.10. The number of benzene rings is 3. The lowest BCUT2D eigenvalue weighted by Gasteiger charge is -2.30. The second-order valence-electron chi connectivity index (χ2n) is 7.52. The Morgan fingerprint density at radius 3 is 2.53 bits per heavy atom. The zero-order valence-corrected chi connectivity index (χ0v) is 17.5. The summed E-state index contributed by atoms with van der Waals surface area (Å²) >= 11 is 6.05. The van der Waals surface area contributed by atoms with E-state index in [1.165, 1.54) is 0 Å².